The van der Waals surface area contributed by atoms with Crippen LogP contribution >= 0.6 is 0 Å². The highest BCUT2D eigenvalue weighted by atomic mass is 16.5. The van der Waals surface area contributed by atoms with E-state index in [2.05, 4.69) is 15.0 Å². The van der Waals surface area contributed by atoms with E-state index in [1.807, 2.05) is 0 Å². The first kappa shape index (κ1) is 32.3. The molecule has 0 bridgehead atoms. The quantitative estimate of drug-likeness (QED) is 0.130. The fourth-order valence-electron chi connectivity index (χ4n) is 3.78. The summed E-state index contributed by atoms with van der Waals surface area (Å²) in [6.07, 6.45) is 0. The molecule has 3 aromatic carbocycles. The molecule has 0 aliphatic heterocycles. The second-order valence-electron chi connectivity index (χ2n) is 8.96. The molecule has 2 N–H and O–H groups in total. The van der Waals surface area contributed by atoms with Gasteiger partial charge in [-0.1, -0.05) is 0 Å². The molecule has 0 aliphatic carbocycles. The number of hydrogen-bond acceptors (Lipinski definition) is 17. The van der Waals surface area contributed by atoms with Crippen LogP contribution in [0, 0.1) is 0 Å². The maximum Gasteiger partial charge on any atom is 0.167 e. The Morgan fingerprint density at radius 3 is 1.20 bits per heavy atom. The third-order valence-electron chi connectivity index (χ3n) is 5.67. The minimum atomic E-state index is -1.60. The highest BCUT2D eigenvalue weighted by molar-refractivity contribution is 5.76. The lowest BCUT2D eigenvalue weighted by atomic mass is 10.1. The van der Waals surface area contributed by atoms with Crippen LogP contribution in [0.3, 0.4) is 0 Å². The summed E-state index contributed by atoms with van der Waals surface area (Å²) in [5, 5.41) is 64.9. The van der Waals surface area contributed by atoms with Crippen molar-refractivity contribution < 1.29 is 68.8 Å². The summed E-state index contributed by atoms with van der Waals surface area (Å²) in [7, 11) is 0. The number of carbonyl (C=O) groups excluding carboxylic acids is 4. The van der Waals surface area contributed by atoms with Gasteiger partial charge < -0.3 is 68.8 Å². The molecular weight excluding hydrogens is 614 g/mol. The number of rotatable bonds is 15. The summed E-state index contributed by atoms with van der Waals surface area (Å²) < 4.78 is 20.4. The van der Waals surface area contributed by atoms with Crippen molar-refractivity contribution in [1.29, 1.82) is 0 Å². The first-order valence-electron chi connectivity index (χ1n) is 12.8. The molecule has 0 saturated heterocycles. The minimum absolute atomic E-state index is 0.0220. The maximum atomic E-state index is 11.2. The largest absolute Gasteiger partial charge is 0.546 e. The van der Waals surface area contributed by atoms with Crippen molar-refractivity contribution in [2.75, 3.05) is 26.4 Å². The van der Waals surface area contributed by atoms with Gasteiger partial charge in [-0.25, -0.2) is 15.0 Å². The standard InChI is InChI=1S/C29H23N3O14/c33-20-7-14(43-10-23(35)36)1-4-17(20)27-30-28(18-5-2-15(8-21(18)34)44-11-24(37)38)32-29(31-27)19-6-3-16(45-12-25(39)40)9-22(19)46-13-26(41)42/h1-9,33-34H,10-13H2,(H,35,36)(H,37,38)(H,39,40)(H,41,42)/p-4. The monoisotopic (exact) mass is 633 g/mol. The van der Waals surface area contributed by atoms with Gasteiger partial charge in [-0.05, 0) is 36.4 Å². The van der Waals surface area contributed by atoms with E-state index >= 15 is 0 Å². The molecule has 46 heavy (non-hydrogen) atoms. The Hall–Kier alpha value is -6.65. The zero-order valence-corrected chi connectivity index (χ0v) is 23.2. The second kappa shape index (κ2) is 14.2. The molecule has 1 aromatic heterocycles. The van der Waals surface area contributed by atoms with Crippen molar-refractivity contribution in [2.45, 2.75) is 0 Å². The van der Waals surface area contributed by atoms with E-state index in [4.69, 9.17) is 18.9 Å². The van der Waals surface area contributed by atoms with Crippen LogP contribution < -0.4 is 39.4 Å². The number of phenolic OH excluding ortho intramolecular Hbond substituents is 2. The lowest BCUT2D eigenvalue weighted by molar-refractivity contribution is -0.308. The zero-order valence-electron chi connectivity index (χ0n) is 23.2. The summed E-state index contributed by atoms with van der Waals surface area (Å²) in [6.45, 7) is -3.36. The molecular formula is C29H19N3O14-4. The number of hydrogen-bond donors (Lipinski definition) is 2. The number of carboxylic acids is 4. The van der Waals surface area contributed by atoms with Crippen LogP contribution in [0.5, 0.6) is 34.5 Å². The van der Waals surface area contributed by atoms with Gasteiger partial charge in [0, 0.05) is 18.2 Å². The Balaban J connectivity index is 1.87. The third kappa shape index (κ3) is 8.47. The van der Waals surface area contributed by atoms with Crippen LogP contribution in [0.25, 0.3) is 34.2 Å². The summed E-state index contributed by atoms with van der Waals surface area (Å²) in [6, 6.07) is 11.1. The number of ether oxygens (including phenoxy) is 4. The molecule has 0 saturated carbocycles. The van der Waals surface area contributed by atoms with Gasteiger partial charge in [0.05, 0.1) is 40.6 Å². The Morgan fingerprint density at radius 2 is 0.826 bits per heavy atom. The SMILES string of the molecule is O=C([O-])COc1ccc(-c2nc(-c3ccc(OCC(=O)[O-])cc3O)nc(-c3ccc(OCC(=O)[O-])cc3OCC(=O)[O-])n2)c(O)c1. The average Bonchev–Trinajstić information content (AvgIpc) is 3.00. The predicted molar refractivity (Wildman–Crippen MR) is 141 cm³/mol. The summed E-state index contributed by atoms with van der Waals surface area (Å²) in [5.74, 6) is -7.98. The first-order valence-corrected chi connectivity index (χ1v) is 12.8. The van der Waals surface area contributed by atoms with Crippen LogP contribution in [0.4, 0.5) is 0 Å². The Kier molecular flexibility index (Phi) is 9.97. The Bertz CT molecular complexity index is 1720. The molecule has 17 heteroatoms. The topological polar surface area (TPSA) is 277 Å². The summed E-state index contributed by atoms with van der Waals surface area (Å²) >= 11 is 0. The number of carbonyl (C=O) groups is 4. The van der Waals surface area contributed by atoms with Gasteiger partial charge in [0.1, 0.15) is 60.9 Å². The third-order valence-corrected chi connectivity index (χ3v) is 5.67. The van der Waals surface area contributed by atoms with Crippen LogP contribution in [-0.4, -0.2) is 75.5 Å². The molecule has 4 aromatic rings. The van der Waals surface area contributed by atoms with Crippen molar-refractivity contribution >= 4 is 23.9 Å². The summed E-state index contributed by atoms with van der Waals surface area (Å²) in [5.41, 5.74) is -0.0239. The molecule has 17 nitrogen and oxygen atoms in total. The summed E-state index contributed by atoms with van der Waals surface area (Å²) in [4.78, 5) is 56.5. The van der Waals surface area contributed by atoms with Crippen molar-refractivity contribution in [1.82, 2.24) is 15.0 Å². The molecule has 0 fully saturated rings. The Morgan fingerprint density at radius 1 is 0.500 bits per heavy atom. The average molecular weight is 633 g/mol. The van der Waals surface area contributed by atoms with Crippen LogP contribution in [0.15, 0.2) is 54.6 Å². The molecule has 0 radical (unpaired) electrons. The number of aliphatic carboxylic acids is 4. The van der Waals surface area contributed by atoms with Gasteiger partial charge in [0.2, 0.25) is 0 Å². The van der Waals surface area contributed by atoms with E-state index in [9.17, 15) is 49.8 Å². The van der Waals surface area contributed by atoms with Crippen molar-refractivity contribution in [3.63, 3.8) is 0 Å². The van der Waals surface area contributed by atoms with Gasteiger partial charge in [-0.2, -0.15) is 0 Å². The number of carboxylic acid groups (broad SMARTS) is 4. The van der Waals surface area contributed by atoms with Crippen molar-refractivity contribution in [3.8, 4) is 68.7 Å². The number of nitrogens with zero attached hydrogens (tertiary/aromatic N) is 3. The normalized spacial score (nSPS) is 10.5. The van der Waals surface area contributed by atoms with E-state index < -0.39 is 61.8 Å². The van der Waals surface area contributed by atoms with Gasteiger partial charge in [-0.3, -0.25) is 0 Å². The number of aromatic nitrogens is 3. The van der Waals surface area contributed by atoms with Crippen LogP contribution in [0.2, 0.25) is 0 Å². The van der Waals surface area contributed by atoms with E-state index in [0.29, 0.717) is 0 Å². The number of phenols is 2. The van der Waals surface area contributed by atoms with Gasteiger partial charge in [0.25, 0.3) is 0 Å². The minimum Gasteiger partial charge on any atom is -0.546 e. The number of aromatic hydroxyl groups is 2. The molecule has 0 unspecified atom stereocenters. The molecule has 4 rings (SSSR count). The number of benzene rings is 3. The van der Waals surface area contributed by atoms with Crippen molar-refractivity contribution in [2.24, 2.45) is 0 Å². The van der Waals surface area contributed by atoms with Crippen molar-refractivity contribution in [3.05, 3.63) is 54.6 Å². The maximum absolute atomic E-state index is 11.2. The van der Waals surface area contributed by atoms with Gasteiger partial charge in [-0.15, -0.1) is 0 Å². The van der Waals surface area contributed by atoms with E-state index in [1.54, 1.807) is 0 Å². The molecule has 1 heterocycles. The molecule has 0 atom stereocenters. The highest BCUT2D eigenvalue weighted by Gasteiger charge is 2.20. The van der Waals surface area contributed by atoms with Crippen LogP contribution in [-0.2, 0) is 19.2 Å². The highest BCUT2D eigenvalue weighted by Crippen LogP contribution is 2.38. The van der Waals surface area contributed by atoms with Gasteiger partial charge >= 0.3 is 0 Å². The molecule has 0 amide bonds. The fraction of sp³-hybridized carbons (Fsp3) is 0.138. The molecule has 238 valence electrons. The predicted octanol–water partition coefficient (Wildman–Crippen LogP) is -3.20. The fourth-order valence-corrected chi connectivity index (χ4v) is 3.78. The smallest absolute Gasteiger partial charge is 0.167 e. The molecule has 0 aliphatic rings. The van der Waals surface area contributed by atoms with E-state index in [-0.39, 0.29) is 57.2 Å². The lowest BCUT2D eigenvalue weighted by Crippen LogP contribution is -2.29. The van der Waals surface area contributed by atoms with Gasteiger partial charge in [0.15, 0.2) is 17.5 Å². The Labute approximate surface area is 257 Å². The first-order chi connectivity index (χ1) is 21.9. The lowest BCUT2D eigenvalue weighted by Gasteiger charge is -2.16. The second-order valence-corrected chi connectivity index (χ2v) is 8.96. The van der Waals surface area contributed by atoms with Crippen LogP contribution in [0.1, 0.15) is 0 Å². The van der Waals surface area contributed by atoms with E-state index in [1.165, 1.54) is 36.4 Å². The molecule has 0 spiro atoms. The van der Waals surface area contributed by atoms with E-state index in [0.717, 1.165) is 18.2 Å². The zero-order chi connectivity index (χ0) is 33.4.